The smallest absolute Gasteiger partial charge is 0.276 e. The van der Waals surface area contributed by atoms with Crippen molar-refractivity contribution < 1.29 is 9.59 Å². The van der Waals surface area contributed by atoms with Crippen LogP contribution >= 0.6 is 0 Å². The van der Waals surface area contributed by atoms with Gasteiger partial charge in [0.1, 0.15) is 0 Å². The van der Waals surface area contributed by atoms with Gasteiger partial charge in [-0.3, -0.25) is 19.6 Å². The van der Waals surface area contributed by atoms with Gasteiger partial charge in [-0.25, -0.2) is 0 Å². The van der Waals surface area contributed by atoms with Crippen LogP contribution in [0, 0.1) is 6.92 Å². The first-order valence-corrected chi connectivity index (χ1v) is 6.55. The zero-order valence-corrected chi connectivity index (χ0v) is 11.8. The third-order valence-corrected chi connectivity index (χ3v) is 3.50. The van der Waals surface area contributed by atoms with Gasteiger partial charge in [-0.05, 0) is 6.92 Å². The molecule has 0 aromatic carbocycles. The van der Waals surface area contributed by atoms with E-state index in [1.54, 1.807) is 18.9 Å². The molecule has 1 aromatic rings. The third-order valence-electron chi connectivity index (χ3n) is 3.50. The van der Waals surface area contributed by atoms with E-state index in [2.05, 4.69) is 15.5 Å². The zero-order chi connectivity index (χ0) is 14.7. The molecule has 0 atom stereocenters. The first kappa shape index (κ1) is 14.3. The molecular formula is C12H20N6O2. The van der Waals surface area contributed by atoms with Crippen LogP contribution < -0.4 is 11.1 Å². The van der Waals surface area contributed by atoms with E-state index in [1.165, 1.54) is 0 Å². The summed E-state index contributed by atoms with van der Waals surface area (Å²) in [6.45, 7) is 4.62. The van der Waals surface area contributed by atoms with Crippen molar-refractivity contribution >= 4 is 17.5 Å². The van der Waals surface area contributed by atoms with Crippen molar-refractivity contribution in [1.82, 2.24) is 25.3 Å². The molecular weight excluding hydrogens is 260 g/mol. The Bertz CT molecular complexity index is 504. The molecule has 0 aliphatic carbocycles. The lowest BCUT2D eigenvalue weighted by Crippen LogP contribution is -2.51. The Morgan fingerprint density at radius 1 is 1.35 bits per heavy atom. The van der Waals surface area contributed by atoms with E-state index in [4.69, 9.17) is 5.73 Å². The first-order chi connectivity index (χ1) is 9.52. The molecule has 0 saturated carbocycles. The SMILES string of the molecule is CNC(=O)CN1CCN(C(=O)c2n[nH]c(C)c2N)CC1. The Hall–Kier alpha value is -2.09. The topological polar surface area (TPSA) is 107 Å². The monoisotopic (exact) mass is 280 g/mol. The summed E-state index contributed by atoms with van der Waals surface area (Å²) in [7, 11) is 1.62. The molecule has 4 N–H and O–H groups in total. The number of nitrogens with one attached hydrogen (secondary N) is 2. The number of rotatable bonds is 3. The molecule has 1 fully saturated rings. The van der Waals surface area contributed by atoms with Crippen LogP contribution in [0.3, 0.4) is 0 Å². The Kier molecular flexibility index (Phi) is 4.23. The number of piperazine rings is 1. The number of H-pyrrole nitrogens is 1. The fraction of sp³-hybridized carbons (Fsp3) is 0.583. The molecule has 0 radical (unpaired) electrons. The van der Waals surface area contributed by atoms with Crippen molar-refractivity contribution in [1.29, 1.82) is 0 Å². The Morgan fingerprint density at radius 2 is 2.00 bits per heavy atom. The number of likely N-dealkylation sites (N-methyl/N-ethyl adjacent to an activating group) is 1. The van der Waals surface area contributed by atoms with E-state index in [1.807, 2.05) is 4.90 Å². The molecule has 2 amide bonds. The summed E-state index contributed by atoms with van der Waals surface area (Å²) in [4.78, 5) is 27.3. The highest BCUT2D eigenvalue weighted by atomic mass is 16.2. The number of nitrogens with zero attached hydrogens (tertiary/aromatic N) is 3. The molecule has 1 aromatic heterocycles. The number of carbonyl (C=O) groups is 2. The first-order valence-electron chi connectivity index (χ1n) is 6.55. The second-order valence-electron chi connectivity index (χ2n) is 4.85. The number of carbonyl (C=O) groups excluding carboxylic acids is 2. The average Bonchev–Trinajstić information content (AvgIpc) is 2.79. The summed E-state index contributed by atoms with van der Waals surface area (Å²) in [6.07, 6.45) is 0. The molecule has 20 heavy (non-hydrogen) atoms. The van der Waals surface area contributed by atoms with Gasteiger partial charge in [0.15, 0.2) is 5.69 Å². The number of hydrogen-bond donors (Lipinski definition) is 3. The predicted octanol–water partition coefficient (Wildman–Crippen LogP) is -1.20. The van der Waals surface area contributed by atoms with Gasteiger partial charge in [0.25, 0.3) is 5.91 Å². The van der Waals surface area contributed by atoms with Crippen LogP contribution in [0.2, 0.25) is 0 Å². The van der Waals surface area contributed by atoms with Gasteiger partial charge in [0.05, 0.1) is 17.9 Å². The molecule has 1 aliphatic rings. The number of hydrogen-bond acceptors (Lipinski definition) is 5. The second kappa shape index (κ2) is 5.91. The van der Waals surface area contributed by atoms with Gasteiger partial charge in [-0.15, -0.1) is 0 Å². The molecule has 0 unspecified atom stereocenters. The maximum atomic E-state index is 12.3. The number of amides is 2. The normalized spacial score (nSPS) is 16.2. The fourth-order valence-electron chi connectivity index (χ4n) is 2.14. The second-order valence-corrected chi connectivity index (χ2v) is 4.85. The lowest BCUT2D eigenvalue weighted by atomic mass is 10.2. The van der Waals surface area contributed by atoms with Crippen molar-refractivity contribution in [3.63, 3.8) is 0 Å². The van der Waals surface area contributed by atoms with Crippen molar-refractivity contribution in [3.05, 3.63) is 11.4 Å². The predicted molar refractivity (Wildman–Crippen MR) is 74.1 cm³/mol. The van der Waals surface area contributed by atoms with Crippen molar-refractivity contribution in [2.45, 2.75) is 6.92 Å². The molecule has 2 heterocycles. The van der Waals surface area contributed by atoms with Crippen LogP contribution in [-0.4, -0.2) is 71.6 Å². The highest BCUT2D eigenvalue weighted by Crippen LogP contribution is 2.15. The molecule has 8 nitrogen and oxygen atoms in total. The highest BCUT2D eigenvalue weighted by Gasteiger charge is 2.26. The number of nitrogen functional groups attached to an aromatic ring is 1. The van der Waals surface area contributed by atoms with E-state index < -0.39 is 0 Å². The summed E-state index contributed by atoms with van der Waals surface area (Å²) >= 11 is 0. The van der Waals surface area contributed by atoms with Crippen LogP contribution in [0.5, 0.6) is 0 Å². The summed E-state index contributed by atoms with van der Waals surface area (Å²) in [5.41, 5.74) is 7.20. The summed E-state index contributed by atoms with van der Waals surface area (Å²) in [5.74, 6) is -0.177. The zero-order valence-electron chi connectivity index (χ0n) is 11.8. The summed E-state index contributed by atoms with van der Waals surface area (Å²) in [6, 6.07) is 0. The minimum absolute atomic E-state index is 0.0167. The largest absolute Gasteiger partial charge is 0.395 e. The number of aromatic nitrogens is 2. The molecule has 0 bridgehead atoms. The van der Waals surface area contributed by atoms with Crippen LogP contribution in [0.1, 0.15) is 16.2 Å². The van der Waals surface area contributed by atoms with Crippen molar-refractivity contribution in [3.8, 4) is 0 Å². The van der Waals surface area contributed by atoms with E-state index in [0.717, 1.165) is 0 Å². The van der Waals surface area contributed by atoms with Crippen molar-refractivity contribution in [2.24, 2.45) is 0 Å². The minimum Gasteiger partial charge on any atom is -0.395 e. The van der Waals surface area contributed by atoms with E-state index >= 15 is 0 Å². The number of aryl methyl sites for hydroxylation is 1. The van der Waals surface area contributed by atoms with Gasteiger partial charge in [-0.2, -0.15) is 5.10 Å². The summed E-state index contributed by atoms with van der Waals surface area (Å²) in [5, 5.41) is 9.26. The van der Waals surface area contributed by atoms with Crippen LogP contribution in [0.4, 0.5) is 5.69 Å². The number of anilines is 1. The highest BCUT2D eigenvalue weighted by molar-refractivity contribution is 5.97. The quantitative estimate of drug-likeness (QED) is 0.645. The summed E-state index contributed by atoms with van der Waals surface area (Å²) < 4.78 is 0. The fourth-order valence-corrected chi connectivity index (χ4v) is 2.14. The Morgan fingerprint density at radius 3 is 2.50 bits per heavy atom. The van der Waals surface area contributed by atoms with E-state index in [9.17, 15) is 9.59 Å². The van der Waals surface area contributed by atoms with E-state index in [0.29, 0.717) is 44.1 Å². The molecule has 0 spiro atoms. The molecule has 1 aliphatic heterocycles. The standard InChI is InChI=1S/C12H20N6O2/c1-8-10(13)11(16-15-8)12(20)18-5-3-17(4-6-18)7-9(19)14-2/h3-7,13H2,1-2H3,(H,14,19)(H,15,16). The minimum atomic E-state index is -0.161. The van der Waals surface area contributed by atoms with Crippen LogP contribution in [0.25, 0.3) is 0 Å². The van der Waals surface area contributed by atoms with Crippen LogP contribution in [-0.2, 0) is 4.79 Å². The Labute approximate surface area is 117 Å². The Balaban J connectivity index is 1.92. The van der Waals surface area contributed by atoms with Crippen molar-refractivity contribution in [2.75, 3.05) is 45.5 Å². The maximum Gasteiger partial charge on any atom is 0.276 e. The maximum absolute atomic E-state index is 12.3. The molecule has 2 rings (SSSR count). The lowest BCUT2D eigenvalue weighted by molar-refractivity contribution is -0.122. The van der Waals surface area contributed by atoms with Gasteiger partial charge in [0, 0.05) is 33.2 Å². The van der Waals surface area contributed by atoms with E-state index in [-0.39, 0.29) is 17.5 Å². The molecule has 8 heteroatoms. The van der Waals surface area contributed by atoms with Gasteiger partial charge < -0.3 is 16.0 Å². The number of nitrogens with two attached hydrogens (primary N) is 1. The number of aromatic amines is 1. The van der Waals surface area contributed by atoms with Gasteiger partial charge in [-0.1, -0.05) is 0 Å². The van der Waals surface area contributed by atoms with Gasteiger partial charge in [0.2, 0.25) is 5.91 Å². The average molecular weight is 280 g/mol. The lowest BCUT2D eigenvalue weighted by Gasteiger charge is -2.33. The van der Waals surface area contributed by atoms with Crippen LogP contribution in [0.15, 0.2) is 0 Å². The third kappa shape index (κ3) is 2.90. The molecule has 1 saturated heterocycles. The molecule has 110 valence electrons. The van der Waals surface area contributed by atoms with Gasteiger partial charge >= 0.3 is 0 Å².